The van der Waals surface area contributed by atoms with Crippen molar-refractivity contribution in [1.29, 1.82) is 0 Å². The zero-order valence-electron chi connectivity index (χ0n) is 13.7. The average Bonchev–Trinajstić information content (AvgIpc) is 3.04. The first-order valence-corrected chi connectivity index (χ1v) is 9.50. The maximum atomic E-state index is 5.68. The van der Waals surface area contributed by atoms with E-state index in [1.807, 2.05) is 36.4 Å². The molecule has 0 unspecified atom stereocenters. The number of hydrogen-bond donors (Lipinski definition) is 1. The molecule has 0 amide bonds. The first-order valence-electron chi connectivity index (χ1n) is 7.70. The van der Waals surface area contributed by atoms with Gasteiger partial charge >= 0.3 is 0 Å². The van der Waals surface area contributed by atoms with E-state index in [-0.39, 0.29) is 0 Å². The molecular formula is C18H19N3OS2. The molecule has 0 aliphatic heterocycles. The van der Waals surface area contributed by atoms with Crippen LogP contribution in [0.1, 0.15) is 11.1 Å². The highest BCUT2D eigenvalue weighted by Crippen LogP contribution is 2.29. The lowest BCUT2D eigenvalue weighted by molar-refractivity contribution is 0.344. The van der Waals surface area contributed by atoms with Gasteiger partial charge in [-0.3, -0.25) is 0 Å². The molecule has 3 aromatic rings. The van der Waals surface area contributed by atoms with Crippen LogP contribution in [0.25, 0.3) is 0 Å². The molecule has 4 nitrogen and oxygen atoms in total. The lowest BCUT2D eigenvalue weighted by atomic mass is 10.1. The fraction of sp³-hybridized carbons (Fsp3) is 0.222. The number of ether oxygens (including phenoxy) is 1. The van der Waals surface area contributed by atoms with Crippen molar-refractivity contribution in [2.45, 2.75) is 18.2 Å². The number of anilines is 2. The summed E-state index contributed by atoms with van der Waals surface area (Å²) in [7, 11) is 0. The van der Waals surface area contributed by atoms with Crippen LogP contribution in [-0.2, 0) is 0 Å². The summed E-state index contributed by atoms with van der Waals surface area (Å²) in [5.74, 6) is 1.74. The Morgan fingerprint density at radius 3 is 2.71 bits per heavy atom. The molecule has 1 N–H and O–H groups in total. The number of hydrogen-bond acceptors (Lipinski definition) is 6. The zero-order chi connectivity index (χ0) is 16.8. The third-order valence-corrected chi connectivity index (χ3v) is 5.51. The second-order valence-electron chi connectivity index (χ2n) is 5.26. The lowest BCUT2D eigenvalue weighted by Crippen LogP contribution is -1.99. The van der Waals surface area contributed by atoms with Gasteiger partial charge < -0.3 is 10.1 Å². The van der Waals surface area contributed by atoms with Crippen LogP contribution in [0.15, 0.2) is 52.9 Å². The Hall–Kier alpha value is -2.05. The number of rotatable bonds is 7. The van der Waals surface area contributed by atoms with Crippen LogP contribution in [-0.4, -0.2) is 22.6 Å². The smallest absolute Gasteiger partial charge is 0.210 e. The molecule has 1 aromatic heterocycles. The SMILES string of the molecule is Cc1cccc(Nc2nnc(SCCOc3ccccc3)s2)c1C. The van der Waals surface area contributed by atoms with Gasteiger partial charge in [0, 0.05) is 11.4 Å². The highest BCUT2D eigenvalue weighted by atomic mass is 32.2. The third-order valence-electron chi connectivity index (χ3n) is 3.57. The molecule has 2 aromatic carbocycles. The molecule has 0 fully saturated rings. The molecule has 0 aliphatic carbocycles. The first kappa shape index (κ1) is 16.8. The monoisotopic (exact) mass is 357 g/mol. The van der Waals surface area contributed by atoms with E-state index >= 15 is 0 Å². The van der Waals surface area contributed by atoms with Gasteiger partial charge in [0.15, 0.2) is 4.34 Å². The van der Waals surface area contributed by atoms with E-state index in [1.54, 1.807) is 23.1 Å². The normalized spacial score (nSPS) is 10.6. The predicted molar refractivity (Wildman–Crippen MR) is 102 cm³/mol. The van der Waals surface area contributed by atoms with Crippen molar-refractivity contribution in [3.05, 3.63) is 59.7 Å². The fourth-order valence-electron chi connectivity index (χ4n) is 2.13. The van der Waals surface area contributed by atoms with Crippen LogP contribution in [0.5, 0.6) is 5.75 Å². The number of aryl methyl sites for hydroxylation is 1. The maximum Gasteiger partial charge on any atom is 0.210 e. The van der Waals surface area contributed by atoms with E-state index in [0.717, 1.165) is 26.7 Å². The molecule has 124 valence electrons. The van der Waals surface area contributed by atoms with Gasteiger partial charge in [0.2, 0.25) is 5.13 Å². The van der Waals surface area contributed by atoms with Gasteiger partial charge in [-0.15, -0.1) is 10.2 Å². The number of nitrogens with zero attached hydrogens (tertiary/aromatic N) is 2. The molecule has 0 spiro atoms. The van der Waals surface area contributed by atoms with Gasteiger partial charge in [0.25, 0.3) is 0 Å². The molecule has 0 saturated heterocycles. The first-order chi connectivity index (χ1) is 11.7. The molecule has 0 bridgehead atoms. The number of aromatic nitrogens is 2. The Morgan fingerprint density at radius 2 is 1.88 bits per heavy atom. The summed E-state index contributed by atoms with van der Waals surface area (Å²) in [4.78, 5) is 0. The van der Waals surface area contributed by atoms with Crippen molar-refractivity contribution >= 4 is 33.9 Å². The minimum atomic E-state index is 0.647. The average molecular weight is 358 g/mol. The van der Waals surface area contributed by atoms with E-state index < -0.39 is 0 Å². The molecule has 3 rings (SSSR count). The largest absolute Gasteiger partial charge is 0.493 e. The Bertz CT molecular complexity index is 790. The second-order valence-corrected chi connectivity index (χ2v) is 7.58. The van der Waals surface area contributed by atoms with Gasteiger partial charge in [-0.25, -0.2) is 0 Å². The summed E-state index contributed by atoms with van der Waals surface area (Å²) in [6.45, 7) is 4.86. The van der Waals surface area contributed by atoms with Crippen LogP contribution in [0.4, 0.5) is 10.8 Å². The zero-order valence-corrected chi connectivity index (χ0v) is 15.3. The number of para-hydroxylation sites is 1. The standard InChI is InChI=1S/C18H19N3OS2/c1-13-7-6-10-16(14(13)2)19-17-20-21-18(24-17)23-12-11-22-15-8-4-3-5-9-15/h3-10H,11-12H2,1-2H3,(H,19,20). The van der Waals surface area contributed by atoms with Crippen molar-refractivity contribution < 1.29 is 4.74 Å². The van der Waals surface area contributed by atoms with Crippen LogP contribution in [0, 0.1) is 13.8 Å². The van der Waals surface area contributed by atoms with Gasteiger partial charge in [0.05, 0.1) is 6.61 Å². The second kappa shape index (κ2) is 8.17. The fourth-order valence-corrected chi connectivity index (χ4v) is 3.78. The summed E-state index contributed by atoms with van der Waals surface area (Å²) in [6, 6.07) is 16.1. The molecule has 24 heavy (non-hydrogen) atoms. The Balaban J connectivity index is 1.49. The van der Waals surface area contributed by atoms with Crippen LogP contribution in [0.2, 0.25) is 0 Å². The summed E-state index contributed by atoms with van der Waals surface area (Å²) in [5, 5.41) is 12.6. The molecule has 0 radical (unpaired) electrons. The molecule has 6 heteroatoms. The van der Waals surface area contributed by atoms with Gasteiger partial charge in [0.1, 0.15) is 5.75 Å². The van der Waals surface area contributed by atoms with E-state index in [4.69, 9.17) is 4.74 Å². The highest BCUT2D eigenvalue weighted by Gasteiger charge is 2.07. The minimum absolute atomic E-state index is 0.647. The number of thioether (sulfide) groups is 1. The minimum Gasteiger partial charge on any atom is -0.493 e. The Kier molecular flexibility index (Phi) is 5.72. The van der Waals surface area contributed by atoms with E-state index in [2.05, 4.69) is 41.5 Å². The summed E-state index contributed by atoms with van der Waals surface area (Å²) < 4.78 is 6.62. The van der Waals surface area contributed by atoms with Crippen LogP contribution in [0.3, 0.4) is 0 Å². The van der Waals surface area contributed by atoms with Gasteiger partial charge in [-0.05, 0) is 43.2 Å². The van der Waals surface area contributed by atoms with E-state index in [0.29, 0.717) is 6.61 Å². The molecule has 0 atom stereocenters. The molecule has 0 saturated carbocycles. The van der Waals surface area contributed by atoms with Gasteiger partial charge in [-0.2, -0.15) is 0 Å². The van der Waals surface area contributed by atoms with Crippen LogP contribution >= 0.6 is 23.1 Å². The van der Waals surface area contributed by atoms with E-state index in [9.17, 15) is 0 Å². The Morgan fingerprint density at radius 1 is 1.04 bits per heavy atom. The van der Waals surface area contributed by atoms with Gasteiger partial charge in [-0.1, -0.05) is 53.4 Å². The summed E-state index contributed by atoms with van der Waals surface area (Å²) in [5.41, 5.74) is 3.57. The highest BCUT2D eigenvalue weighted by molar-refractivity contribution is 8.01. The third kappa shape index (κ3) is 4.49. The quantitative estimate of drug-likeness (QED) is 0.472. The summed E-state index contributed by atoms with van der Waals surface area (Å²) in [6.07, 6.45) is 0. The molecule has 1 heterocycles. The molecular weight excluding hydrogens is 338 g/mol. The van der Waals surface area contributed by atoms with Crippen LogP contribution < -0.4 is 10.1 Å². The molecule has 0 aliphatic rings. The maximum absolute atomic E-state index is 5.68. The number of benzene rings is 2. The van der Waals surface area contributed by atoms with Crippen molar-refractivity contribution in [1.82, 2.24) is 10.2 Å². The van der Waals surface area contributed by atoms with Crippen molar-refractivity contribution in [2.75, 3.05) is 17.7 Å². The Labute approximate surface area is 150 Å². The van der Waals surface area contributed by atoms with Crippen molar-refractivity contribution in [3.63, 3.8) is 0 Å². The lowest BCUT2D eigenvalue weighted by Gasteiger charge is -2.08. The van der Waals surface area contributed by atoms with Crippen molar-refractivity contribution in [2.24, 2.45) is 0 Å². The van der Waals surface area contributed by atoms with E-state index in [1.165, 1.54) is 11.1 Å². The number of nitrogens with one attached hydrogen (secondary N) is 1. The summed E-state index contributed by atoms with van der Waals surface area (Å²) >= 11 is 3.22. The van der Waals surface area contributed by atoms with Crippen molar-refractivity contribution in [3.8, 4) is 5.75 Å². The predicted octanol–water partition coefficient (Wildman–Crippen LogP) is 5.07. The topological polar surface area (TPSA) is 47.0 Å².